The van der Waals surface area contributed by atoms with Crippen LogP contribution in [0.25, 0.3) is 11.0 Å². The highest BCUT2D eigenvalue weighted by Crippen LogP contribution is 2.37. The minimum atomic E-state index is -0.487. The van der Waals surface area contributed by atoms with Crippen molar-refractivity contribution >= 4 is 46.3 Å². The number of nitrogens with one attached hydrogen (secondary N) is 1. The predicted molar refractivity (Wildman–Crippen MR) is 141 cm³/mol. The summed E-state index contributed by atoms with van der Waals surface area (Å²) in [5.74, 6) is 1.24. The van der Waals surface area contributed by atoms with E-state index in [1.54, 1.807) is 42.5 Å². The number of halogens is 2. The lowest BCUT2D eigenvalue weighted by molar-refractivity contribution is 0.0929. The molecule has 0 radical (unpaired) electrons. The van der Waals surface area contributed by atoms with Gasteiger partial charge in [0.1, 0.15) is 17.9 Å². The number of hydrogen-bond acceptors (Lipinski definition) is 6. The second kappa shape index (κ2) is 11.8. The molecule has 4 rings (SSSR count). The largest absolute Gasteiger partial charge is 0.494 e. The minimum Gasteiger partial charge on any atom is -0.494 e. The van der Waals surface area contributed by atoms with Gasteiger partial charge in [-0.05, 0) is 73.5 Å². The third-order valence-corrected chi connectivity index (χ3v) is 5.56. The van der Waals surface area contributed by atoms with Gasteiger partial charge in [-0.15, -0.1) is 0 Å². The summed E-state index contributed by atoms with van der Waals surface area (Å²) in [6.45, 7) is 5.04. The fraction of sp³-hybridized carbons (Fsp3) is 0.185. The van der Waals surface area contributed by atoms with Crippen molar-refractivity contribution in [3.05, 3.63) is 87.6 Å². The van der Waals surface area contributed by atoms with E-state index in [1.165, 1.54) is 6.21 Å². The van der Waals surface area contributed by atoms with Gasteiger partial charge in [0.05, 0.1) is 24.5 Å². The van der Waals surface area contributed by atoms with Crippen LogP contribution in [0.1, 0.15) is 35.5 Å². The van der Waals surface area contributed by atoms with Crippen LogP contribution in [0.5, 0.6) is 17.2 Å². The molecule has 0 fully saturated rings. The maximum absolute atomic E-state index is 12.5. The second-order valence-electron chi connectivity index (χ2n) is 7.62. The molecule has 7 nitrogen and oxygen atoms in total. The van der Waals surface area contributed by atoms with E-state index in [9.17, 15) is 4.79 Å². The zero-order chi connectivity index (χ0) is 25.5. The summed E-state index contributed by atoms with van der Waals surface area (Å²) >= 11 is 12.4. The Morgan fingerprint density at radius 2 is 1.75 bits per heavy atom. The van der Waals surface area contributed by atoms with Crippen molar-refractivity contribution in [3.63, 3.8) is 0 Å². The molecule has 0 unspecified atom stereocenters. The molecule has 4 aromatic rings. The van der Waals surface area contributed by atoms with Crippen molar-refractivity contribution in [2.75, 3.05) is 13.2 Å². The molecule has 0 atom stereocenters. The van der Waals surface area contributed by atoms with E-state index in [-0.39, 0.29) is 5.76 Å². The molecule has 1 heterocycles. The number of fused-ring (bicyclic) bond motifs is 1. The number of carbonyl (C=O) groups is 1. The molecule has 0 aliphatic carbocycles. The molecular weight excluding hydrogens is 503 g/mol. The fourth-order valence-electron chi connectivity index (χ4n) is 3.41. The lowest BCUT2D eigenvalue weighted by atomic mass is 10.2. The van der Waals surface area contributed by atoms with Crippen LogP contribution < -0.4 is 19.6 Å². The van der Waals surface area contributed by atoms with E-state index in [4.69, 9.17) is 41.8 Å². The Hall–Kier alpha value is -3.68. The van der Waals surface area contributed by atoms with Gasteiger partial charge in [0.25, 0.3) is 0 Å². The van der Waals surface area contributed by atoms with Crippen LogP contribution in [0.2, 0.25) is 10.0 Å². The molecule has 0 spiro atoms. The first-order valence-electron chi connectivity index (χ1n) is 11.3. The van der Waals surface area contributed by atoms with Gasteiger partial charge in [0.2, 0.25) is 0 Å². The maximum atomic E-state index is 12.5. The van der Waals surface area contributed by atoms with Gasteiger partial charge in [0.15, 0.2) is 17.3 Å². The van der Waals surface area contributed by atoms with Gasteiger partial charge >= 0.3 is 5.91 Å². The van der Waals surface area contributed by atoms with Crippen molar-refractivity contribution in [3.8, 4) is 17.2 Å². The Labute approximate surface area is 218 Å². The van der Waals surface area contributed by atoms with E-state index in [2.05, 4.69) is 10.5 Å². The quantitative estimate of drug-likeness (QED) is 0.180. The summed E-state index contributed by atoms with van der Waals surface area (Å²) in [6.07, 6.45) is 1.46. The maximum Gasteiger partial charge on any atom is 0.307 e. The Kier molecular flexibility index (Phi) is 8.36. The minimum absolute atomic E-state index is 0.134. The first-order chi connectivity index (χ1) is 17.5. The highest BCUT2D eigenvalue weighted by Gasteiger charge is 2.14. The smallest absolute Gasteiger partial charge is 0.307 e. The topological polar surface area (TPSA) is 82.3 Å². The molecule has 36 heavy (non-hydrogen) atoms. The van der Waals surface area contributed by atoms with E-state index >= 15 is 0 Å². The SMILES string of the molecule is CCOc1ccc2oc(C(=O)N/N=C/c3cc(Cl)c(OCc4ccc(Cl)cc4)c(OCC)c3)cc2c1. The highest BCUT2D eigenvalue weighted by molar-refractivity contribution is 6.32. The average molecular weight is 527 g/mol. The van der Waals surface area contributed by atoms with Crippen molar-refractivity contribution in [1.82, 2.24) is 5.43 Å². The van der Waals surface area contributed by atoms with Crippen LogP contribution in [0.4, 0.5) is 0 Å². The monoisotopic (exact) mass is 526 g/mol. The van der Waals surface area contributed by atoms with Gasteiger partial charge in [-0.2, -0.15) is 5.10 Å². The fourth-order valence-corrected chi connectivity index (χ4v) is 3.81. The standard InChI is InChI=1S/C27H24Cl2N2O5/c1-3-33-21-9-10-23-19(13-21)14-25(36-23)27(32)31-30-15-18-11-22(29)26(24(12-18)34-4-2)35-16-17-5-7-20(28)8-6-17/h5-15H,3-4,16H2,1-2H3,(H,31,32)/b30-15+. The number of ether oxygens (including phenoxy) is 3. The normalized spacial score (nSPS) is 11.1. The Bertz CT molecular complexity index is 1380. The molecule has 1 amide bonds. The summed E-state index contributed by atoms with van der Waals surface area (Å²) in [4.78, 5) is 12.5. The number of hydrazone groups is 1. The molecule has 1 N–H and O–H groups in total. The molecule has 0 saturated carbocycles. The molecule has 0 aliphatic rings. The lowest BCUT2D eigenvalue weighted by Gasteiger charge is -2.14. The molecule has 3 aromatic carbocycles. The van der Waals surface area contributed by atoms with Crippen LogP contribution in [0, 0.1) is 0 Å². The number of hydrogen-bond donors (Lipinski definition) is 1. The number of carbonyl (C=O) groups excluding carboxylic acids is 1. The second-order valence-corrected chi connectivity index (χ2v) is 8.46. The molecule has 1 aromatic heterocycles. The van der Waals surface area contributed by atoms with Gasteiger partial charge in [-0.3, -0.25) is 4.79 Å². The zero-order valence-corrected chi connectivity index (χ0v) is 21.2. The summed E-state index contributed by atoms with van der Waals surface area (Å²) in [6, 6.07) is 17.7. The predicted octanol–water partition coefficient (Wildman–Crippen LogP) is 6.88. The number of amides is 1. The number of furan rings is 1. The first-order valence-corrected chi connectivity index (χ1v) is 12.1. The van der Waals surface area contributed by atoms with E-state index in [0.29, 0.717) is 58.3 Å². The lowest BCUT2D eigenvalue weighted by Crippen LogP contribution is -2.16. The van der Waals surface area contributed by atoms with E-state index < -0.39 is 5.91 Å². The number of nitrogens with zero attached hydrogens (tertiary/aromatic N) is 1. The molecule has 186 valence electrons. The van der Waals surface area contributed by atoms with Gasteiger partial charge in [-0.25, -0.2) is 5.43 Å². The van der Waals surface area contributed by atoms with Crippen molar-refractivity contribution in [1.29, 1.82) is 0 Å². The van der Waals surface area contributed by atoms with Crippen LogP contribution in [0.15, 0.2) is 70.2 Å². The number of benzene rings is 3. The van der Waals surface area contributed by atoms with Gasteiger partial charge in [0, 0.05) is 10.4 Å². The highest BCUT2D eigenvalue weighted by atomic mass is 35.5. The first kappa shape index (κ1) is 25.4. The summed E-state index contributed by atoms with van der Waals surface area (Å²) < 4.78 is 22.7. The molecule has 0 bridgehead atoms. The molecule has 9 heteroatoms. The van der Waals surface area contributed by atoms with Gasteiger partial charge in [-0.1, -0.05) is 35.3 Å². The summed E-state index contributed by atoms with van der Waals surface area (Å²) in [5.41, 5.74) is 4.60. The summed E-state index contributed by atoms with van der Waals surface area (Å²) in [7, 11) is 0. The third-order valence-electron chi connectivity index (χ3n) is 5.03. The Morgan fingerprint density at radius 1 is 0.972 bits per heavy atom. The Balaban J connectivity index is 1.44. The van der Waals surface area contributed by atoms with Crippen LogP contribution in [-0.4, -0.2) is 25.3 Å². The van der Waals surface area contributed by atoms with Crippen LogP contribution in [0.3, 0.4) is 0 Å². The average Bonchev–Trinajstić information content (AvgIpc) is 3.29. The molecule has 0 aliphatic heterocycles. The summed E-state index contributed by atoms with van der Waals surface area (Å²) in [5, 5.41) is 5.80. The Morgan fingerprint density at radius 3 is 2.50 bits per heavy atom. The number of rotatable bonds is 10. The van der Waals surface area contributed by atoms with Crippen molar-refractivity contribution in [2.24, 2.45) is 5.10 Å². The van der Waals surface area contributed by atoms with E-state index in [1.807, 2.05) is 32.0 Å². The third kappa shape index (κ3) is 6.30. The zero-order valence-electron chi connectivity index (χ0n) is 19.7. The molecular formula is C27H24Cl2N2O5. The van der Waals surface area contributed by atoms with Crippen LogP contribution in [-0.2, 0) is 6.61 Å². The van der Waals surface area contributed by atoms with Crippen molar-refractivity contribution < 1.29 is 23.4 Å². The van der Waals surface area contributed by atoms with E-state index in [0.717, 1.165) is 10.9 Å². The molecule has 0 saturated heterocycles. The van der Waals surface area contributed by atoms with Crippen LogP contribution >= 0.6 is 23.2 Å². The van der Waals surface area contributed by atoms with Gasteiger partial charge < -0.3 is 18.6 Å². The van der Waals surface area contributed by atoms with Crippen molar-refractivity contribution in [2.45, 2.75) is 20.5 Å².